The van der Waals surface area contributed by atoms with Crippen LogP contribution in [0.15, 0.2) is 48.5 Å². The van der Waals surface area contributed by atoms with Gasteiger partial charge in [-0.2, -0.15) is 0 Å². The molecule has 3 amide bonds. The summed E-state index contributed by atoms with van der Waals surface area (Å²) in [6, 6.07) is 10.5. The first-order valence-corrected chi connectivity index (χ1v) is 15.6. The van der Waals surface area contributed by atoms with Crippen LogP contribution in [0.2, 0.25) is 5.02 Å². The van der Waals surface area contributed by atoms with Crippen LogP contribution in [0.25, 0.3) is 0 Å². The minimum atomic E-state index is -1.30. The van der Waals surface area contributed by atoms with Gasteiger partial charge in [-0.05, 0) is 60.6 Å². The van der Waals surface area contributed by atoms with Crippen LogP contribution in [-0.4, -0.2) is 47.6 Å². The number of benzene rings is 2. The highest BCUT2D eigenvalue weighted by atomic mass is 35.5. The molecule has 1 heterocycles. The molecule has 0 radical (unpaired) electrons. The number of hydrogen-bond acceptors (Lipinski definition) is 5. The molecule has 0 spiro atoms. The number of amides is 3. The molecule has 1 saturated carbocycles. The highest BCUT2D eigenvalue weighted by Crippen LogP contribution is 2.40. The molecule has 2 aliphatic rings. The van der Waals surface area contributed by atoms with Crippen molar-refractivity contribution in [2.24, 2.45) is 11.8 Å². The minimum Gasteiger partial charge on any atom is -0.480 e. The van der Waals surface area contributed by atoms with Crippen molar-refractivity contribution in [3.05, 3.63) is 70.5 Å². The molecule has 4 rings (SSSR count). The van der Waals surface area contributed by atoms with E-state index in [9.17, 15) is 28.7 Å². The number of carbonyl (C=O) groups excluding carboxylic acids is 3. The number of rotatable bonds is 12. The molecular weight excluding hydrogens is 589 g/mol. The minimum absolute atomic E-state index is 0.0526. The normalized spacial score (nSPS) is 19.4. The second-order valence-corrected chi connectivity index (χ2v) is 12.9. The van der Waals surface area contributed by atoms with Gasteiger partial charge in [-0.25, -0.2) is 14.0 Å². The van der Waals surface area contributed by atoms with Gasteiger partial charge in [0.05, 0.1) is 0 Å². The summed E-state index contributed by atoms with van der Waals surface area (Å²) in [5.74, 6) is -3.01. The zero-order valence-corrected chi connectivity index (χ0v) is 25.9. The van der Waals surface area contributed by atoms with Gasteiger partial charge in [0.15, 0.2) is 0 Å². The van der Waals surface area contributed by atoms with Crippen molar-refractivity contribution in [3.8, 4) is 0 Å². The van der Waals surface area contributed by atoms with Crippen molar-refractivity contribution in [2.75, 3.05) is 6.54 Å². The van der Waals surface area contributed by atoms with E-state index in [1.54, 1.807) is 24.3 Å². The molecule has 0 bridgehead atoms. The average Bonchev–Trinajstić information content (AvgIpc) is 3.39. The summed E-state index contributed by atoms with van der Waals surface area (Å²) in [6.07, 6.45) is 3.76. The molecule has 3 unspecified atom stereocenters. The molecule has 0 aromatic heterocycles. The molecule has 4 N–H and O–H groups in total. The predicted molar refractivity (Wildman–Crippen MR) is 164 cm³/mol. The van der Waals surface area contributed by atoms with Crippen molar-refractivity contribution in [3.63, 3.8) is 0 Å². The molecule has 2 aromatic rings. The summed E-state index contributed by atoms with van der Waals surface area (Å²) in [7, 11) is 0. The number of carbonyl (C=O) groups is 4. The number of carboxylic acids is 1. The number of nitrogens with one attached hydrogen (secondary N) is 3. The van der Waals surface area contributed by atoms with Crippen LogP contribution >= 0.6 is 11.6 Å². The van der Waals surface area contributed by atoms with E-state index in [4.69, 9.17) is 16.3 Å². The van der Waals surface area contributed by atoms with Crippen LogP contribution in [0.5, 0.6) is 0 Å². The summed E-state index contributed by atoms with van der Waals surface area (Å²) >= 11 is 6.27. The molecule has 1 saturated heterocycles. The van der Waals surface area contributed by atoms with Gasteiger partial charge in [-0.1, -0.05) is 81.8 Å². The maximum absolute atomic E-state index is 14.3. The molecule has 2 fully saturated rings. The van der Waals surface area contributed by atoms with E-state index < -0.39 is 53.3 Å². The van der Waals surface area contributed by atoms with Gasteiger partial charge in [-0.3, -0.25) is 9.59 Å². The Labute approximate surface area is 262 Å². The largest absolute Gasteiger partial charge is 0.480 e. The van der Waals surface area contributed by atoms with Crippen molar-refractivity contribution in [1.82, 2.24) is 16.0 Å². The number of ether oxygens (including phenoxy) is 1. The van der Waals surface area contributed by atoms with E-state index in [-0.39, 0.29) is 18.2 Å². The average molecular weight is 630 g/mol. The highest BCUT2D eigenvalue weighted by molar-refractivity contribution is 6.30. The monoisotopic (exact) mass is 629 g/mol. The molecule has 238 valence electrons. The van der Waals surface area contributed by atoms with Crippen molar-refractivity contribution in [2.45, 2.75) is 88.8 Å². The van der Waals surface area contributed by atoms with Crippen LogP contribution in [0.1, 0.15) is 82.4 Å². The fraction of sp³-hybridized carbons (Fsp3) is 0.515. The Balaban J connectivity index is 1.56. The van der Waals surface area contributed by atoms with Crippen molar-refractivity contribution < 1.29 is 33.4 Å². The molecule has 1 aliphatic carbocycles. The van der Waals surface area contributed by atoms with E-state index in [0.29, 0.717) is 30.0 Å². The van der Waals surface area contributed by atoms with Crippen LogP contribution in [0.4, 0.5) is 9.18 Å². The molecule has 1 aliphatic heterocycles. The number of alkyl carbamates (subject to hydrolysis) is 1. The smallest absolute Gasteiger partial charge is 0.408 e. The third-order valence-corrected chi connectivity index (χ3v) is 9.04. The topological polar surface area (TPSA) is 134 Å². The van der Waals surface area contributed by atoms with Gasteiger partial charge in [0.1, 0.15) is 24.0 Å². The third kappa shape index (κ3) is 8.71. The van der Waals surface area contributed by atoms with Gasteiger partial charge < -0.3 is 25.8 Å². The summed E-state index contributed by atoms with van der Waals surface area (Å²) in [5, 5.41) is 18.3. The lowest BCUT2D eigenvalue weighted by Gasteiger charge is -2.35. The number of carboxylic acid groups (broad SMARTS) is 1. The Bertz CT molecular complexity index is 1350. The van der Waals surface area contributed by atoms with E-state index in [1.165, 1.54) is 18.2 Å². The Morgan fingerprint density at radius 3 is 2.39 bits per heavy atom. The van der Waals surface area contributed by atoms with Crippen LogP contribution in [-0.2, 0) is 24.5 Å². The molecular formula is C33H41ClFN3O6. The van der Waals surface area contributed by atoms with Gasteiger partial charge in [0, 0.05) is 22.9 Å². The Hall–Kier alpha value is -3.66. The second kappa shape index (κ2) is 14.9. The maximum atomic E-state index is 14.3. The Morgan fingerprint density at radius 2 is 1.75 bits per heavy atom. The van der Waals surface area contributed by atoms with Crippen LogP contribution in [0, 0.1) is 17.7 Å². The number of hydrogen-bond donors (Lipinski definition) is 4. The lowest BCUT2D eigenvalue weighted by Crippen LogP contribution is -2.53. The van der Waals surface area contributed by atoms with Gasteiger partial charge in [0.25, 0.3) is 0 Å². The first-order valence-electron chi connectivity index (χ1n) is 15.2. The van der Waals surface area contributed by atoms with Gasteiger partial charge in [0.2, 0.25) is 11.8 Å². The lowest BCUT2D eigenvalue weighted by atomic mass is 9.76. The zero-order chi connectivity index (χ0) is 31.9. The van der Waals surface area contributed by atoms with E-state index in [1.807, 2.05) is 19.9 Å². The van der Waals surface area contributed by atoms with Crippen molar-refractivity contribution >= 4 is 35.5 Å². The first kappa shape index (κ1) is 33.2. The quantitative estimate of drug-likeness (QED) is 0.239. The molecule has 9 nitrogen and oxygen atoms in total. The Morgan fingerprint density at radius 1 is 1.02 bits per heavy atom. The zero-order valence-electron chi connectivity index (χ0n) is 25.1. The fourth-order valence-electron chi connectivity index (χ4n) is 6.26. The molecule has 4 atom stereocenters. The Kier molecular flexibility index (Phi) is 11.2. The molecule has 2 aromatic carbocycles. The SMILES string of the molecule is CC(C)(c1cccc(Cl)c1)[C@H](OC(=O)NC(CC1CCCCC1)C(=O)NC(CC1CCNC1=O)C(=O)O)c1cccc(F)c1. The first-order chi connectivity index (χ1) is 20.9. The fourth-order valence-corrected chi connectivity index (χ4v) is 6.45. The summed E-state index contributed by atoms with van der Waals surface area (Å²) in [4.78, 5) is 51.3. The van der Waals surface area contributed by atoms with Crippen molar-refractivity contribution in [1.29, 1.82) is 0 Å². The summed E-state index contributed by atoms with van der Waals surface area (Å²) in [6.45, 7) is 4.16. The standard InChI is InChI=1S/C33H41ClFN3O6/c1-33(2,23-11-7-12-24(34)19-23)28(21-10-6-13-25(35)17-21)44-32(43)38-26(16-20-8-4-3-5-9-20)30(40)37-27(31(41)42)18-22-14-15-36-29(22)39/h6-7,10-13,17,19-20,22,26-28H,3-5,8-9,14-16,18H2,1-2H3,(H,36,39)(H,37,40)(H,38,43)(H,41,42)/t22?,26?,27?,28-/m1/s1. The predicted octanol–water partition coefficient (Wildman–Crippen LogP) is 5.66. The highest BCUT2D eigenvalue weighted by Gasteiger charge is 2.38. The molecule has 44 heavy (non-hydrogen) atoms. The summed E-state index contributed by atoms with van der Waals surface area (Å²) < 4.78 is 20.3. The van der Waals surface area contributed by atoms with E-state index in [2.05, 4.69) is 16.0 Å². The number of aliphatic carboxylic acids is 1. The third-order valence-electron chi connectivity index (χ3n) is 8.80. The lowest BCUT2D eigenvalue weighted by molar-refractivity contribution is -0.143. The van der Waals surface area contributed by atoms with Crippen LogP contribution < -0.4 is 16.0 Å². The van der Waals surface area contributed by atoms with Crippen LogP contribution in [0.3, 0.4) is 0 Å². The maximum Gasteiger partial charge on any atom is 0.408 e. The van der Waals surface area contributed by atoms with E-state index >= 15 is 0 Å². The summed E-state index contributed by atoms with van der Waals surface area (Å²) in [5.41, 5.74) is 0.302. The van der Waals surface area contributed by atoms with Gasteiger partial charge >= 0.3 is 12.1 Å². The van der Waals surface area contributed by atoms with E-state index in [0.717, 1.165) is 37.7 Å². The second-order valence-electron chi connectivity index (χ2n) is 12.4. The number of halogens is 2. The van der Waals surface area contributed by atoms with Gasteiger partial charge in [-0.15, -0.1) is 0 Å². The molecule has 11 heteroatoms.